The Hall–Kier alpha value is -2.58. The highest BCUT2D eigenvalue weighted by Crippen LogP contribution is 2.42. The van der Waals surface area contributed by atoms with E-state index in [2.05, 4.69) is 10.4 Å². The van der Waals surface area contributed by atoms with Crippen LogP contribution in [-0.4, -0.2) is 21.7 Å². The molecule has 2 aliphatic rings. The molecular weight excluding hydrogens is 424 g/mol. The molecule has 0 radical (unpaired) electrons. The van der Waals surface area contributed by atoms with Crippen LogP contribution in [-0.2, 0) is 19.0 Å². The number of nitrogens with zero attached hydrogens (tertiary/aromatic N) is 2. The van der Waals surface area contributed by atoms with E-state index >= 15 is 4.39 Å². The van der Waals surface area contributed by atoms with Crippen LogP contribution in [0.2, 0.25) is 0 Å². The highest BCUT2D eigenvalue weighted by Gasteiger charge is 2.42. The Balaban J connectivity index is 1.84. The number of nitrogens with one attached hydrogen (secondary N) is 1. The second-order valence-electron chi connectivity index (χ2n) is 9.72. The highest BCUT2D eigenvalue weighted by atomic mass is 19.4. The Morgan fingerprint density at radius 2 is 1.91 bits per heavy atom. The summed E-state index contributed by atoms with van der Waals surface area (Å²) in [5.74, 6) is -1.80. The molecule has 5 nitrogen and oxygen atoms in total. The molecule has 1 amide bonds. The van der Waals surface area contributed by atoms with Crippen molar-refractivity contribution in [1.82, 2.24) is 9.78 Å². The molecule has 0 atom stereocenters. The van der Waals surface area contributed by atoms with Gasteiger partial charge in [-0.25, -0.2) is 9.07 Å². The Bertz CT molecular complexity index is 1040. The van der Waals surface area contributed by atoms with Gasteiger partial charge < -0.3 is 11.1 Å². The number of benzene rings is 1. The number of alkyl halides is 3. The molecule has 2 aliphatic carbocycles. The van der Waals surface area contributed by atoms with Crippen LogP contribution in [0, 0.1) is 11.2 Å². The van der Waals surface area contributed by atoms with E-state index in [-0.39, 0.29) is 40.4 Å². The van der Waals surface area contributed by atoms with E-state index in [9.17, 15) is 18.0 Å². The summed E-state index contributed by atoms with van der Waals surface area (Å²) >= 11 is 0. The molecule has 0 bridgehead atoms. The van der Waals surface area contributed by atoms with E-state index in [1.54, 1.807) is 0 Å². The summed E-state index contributed by atoms with van der Waals surface area (Å²) < 4.78 is 57.4. The maximum atomic E-state index is 15.0. The molecule has 1 fully saturated rings. The number of carbonyl (C=O) groups is 1. The number of amides is 1. The fraction of sp³-hybridized carbons (Fsp3) is 0.565. The largest absolute Gasteiger partial charge is 0.435 e. The molecule has 4 rings (SSSR count). The number of hydrogen-bond acceptors (Lipinski definition) is 3. The highest BCUT2D eigenvalue weighted by molar-refractivity contribution is 5.99. The van der Waals surface area contributed by atoms with Crippen molar-refractivity contribution in [2.24, 2.45) is 11.1 Å². The first-order chi connectivity index (χ1) is 15.0. The molecule has 0 aliphatic heterocycles. The molecule has 174 valence electrons. The van der Waals surface area contributed by atoms with Gasteiger partial charge in [0.1, 0.15) is 5.82 Å². The SMILES string of the molecule is CC1(C)CCc2c(C(F)(F)F)nn(-c3cc(F)c(C(N)=O)c(NC4CCCCC4)c3)c2C1. The molecule has 1 heterocycles. The average Bonchev–Trinajstić information content (AvgIpc) is 3.06. The number of fused-ring (bicyclic) bond motifs is 1. The lowest BCUT2D eigenvalue weighted by Crippen LogP contribution is -2.26. The van der Waals surface area contributed by atoms with E-state index < -0.39 is 23.6 Å². The van der Waals surface area contributed by atoms with Crippen molar-refractivity contribution in [2.45, 2.75) is 77.4 Å². The van der Waals surface area contributed by atoms with Crippen molar-refractivity contribution in [3.63, 3.8) is 0 Å². The number of nitrogens with two attached hydrogens (primary N) is 1. The summed E-state index contributed by atoms with van der Waals surface area (Å²) in [6.45, 7) is 3.99. The third kappa shape index (κ3) is 4.34. The van der Waals surface area contributed by atoms with Crippen molar-refractivity contribution >= 4 is 11.6 Å². The maximum Gasteiger partial charge on any atom is 0.435 e. The molecule has 3 N–H and O–H groups in total. The van der Waals surface area contributed by atoms with Crippen molar-refractivity contribution in [3.05, 3.63) is 40.5 Å². The van der Waals surface area contributed by atoms with Gasteiger partial charge in [0.25, 0.3) is 5.91 Å². The van der Waals surface area contributed by atoms with Gasteiger partial charge in [-0.2, -0.15) is 18.3 Å². The van der Waals surface area contributed by atoms with E-state index in [1.807, 2.05) is 13.8 Å². The molecule has 0 unspecified atom stereocenters. The number of carbonyl (C=O) groups excluding carboxylic acids is 1. The predicted molar refractivity (Wildman–Crippen MR) is 113 cm³/mol. The van der Waals surface area contributed by atoms with Gasteiger partial charge in [0.2, 0.25) is 0 Å². The number of hydrogen-bond donors (Lipinski definition) is 2. The minimum atomic E-state index is -4.61. The molecule has 32 heavy (non-hydrogen) atoms. The second kappa shape index (κ2) is 8.08. The number of aromatic nitrogens is 2. The molecule has 9 heteroatoms. The third-order valence-corrected chi connectivity index (χ3v) is 6.59. The predicted octanol–water partition coefficient (Wildman–Crippen LogP) is 5.39. The van der Waals surface area contributed by atoms with Gasteiger partial charge in [-0.05, 0) is 43.6 Å². The monoisotopic (exact) mass is 452 g/mol. The van der Waals surface area contributed by atoms with E-state index in [4.69, 9.17) is 5.73 Å². The van der Waals surface area contributed by atoms with Crippen LogP contribution in [0.25, 0.3) is 5.69 Å². The molecule has 1 saturated carbocycles. The van der Waals surface area contributed by atoms with E-state index in [1.165, 1.54) is 10.7 Å². The third-order valence-electron chi connectivity index (χ3n) is 6.59. The van der Waals surface area contributed by atoms with Crippen LogP contribution in [0.5, 0.6) is 0 Å². The van der Waals surface area contributed by atoms with Gasteiger partial charge >= 0.3 is 6.18 Å². The number of primary amides is 1. The summed E-state index contributed by atoms with van der Waals surface area (Å²) in [5, 5.41) is 7.09. The second-order valence-corrected chi connectivity index (χ2v) is 9.72. The number of rotatable bonds is 4. The first-order valence-electron chi connectivity index (χ1n) is 11.0. The van der Waals surface area contributed by atoms with Gasteiger partial charge in [-0.1, -0.05) is 33.1 Å². The fourth-order valence-electron chi connectivity index (χ4n) is 4.92. The lowest BCUT2D eigenvalue weighted by molar-refractivity contribution is -0.142. The zero-order valence-corrected chi connectivity index (χ0v) is 18.3. The zero-order chi connectivity index (χ0) is 23.3. The Labute approximate surface area is 184 Å². The molecule has 0 saturated heterocycles. The number of halogens is 4. The molecule has 1 aromatic carbocycles. The van der Waals surface area contributed by atoms with Crippen LogP contribution in [0.1, 0.15) is 79.7 Å². The van der Waals surface area contributed by atoms with Crippen molar-refractivity contribution in [1.29, 1.82) is 0 Å². The van der Waals surface area contributed by atoms with Crippen LogP contribution in [0.15, 0.2) is 12.1 Å². The minimum Gasteiger partial charge on any atom is -0.382 e. The van der Waals surface area contributed by atoms with Crippen molar-refractivity contribution in [3.8, 4) is 5.69 Å². The molecule has 2 aromatic rings. The summed E-state index contributed by atoms with van der Waals surface area (Å²) in [7, 11) is 0. The van der Waals surface area contributed by atoms with Gasteiger partial charge in [0.15, 0.2) is 5.69 Å². The lowest BCUT2D eigenvalue weighted by atomic mass is 9.76. The average molecular weight is 452 g/mol. The van der Waals surface area contributed by atoms with E-state index in [0.29, 0.717) is 18.5 Å². The first kappa shape index (κ1) is 22.6. The summed E-state index contributed by atoms with van der Waals surface area (Å²) in [6, 6.07) is 2.58. The first-order valence-corrected chi connectivity index (χ1v) is 11.0. The Morgan fingerprint density at radius 3 is 2.53 bits per heavy atom. The fourth-order valence-corrected chi connectivity index (χ4v) is 4.92. The van der Waals surface area contributed by atoms with Crippen molar-refractivity contribution in [2.75, 3.05) is 5.32 Å². The van der Waals surface area contributed by atoms with Gasteiger partial charge in [0.05, 0.1) is 16.9 Å². The standard InChI is InChI=1S/C23H28F4N4O/c1-22(2)9-8-15-18(12-22)31(30-20(15)23(25,26)27)14-10-16(24)19(21(28)32)17(11-14)29-13-6-4-3-5-7-13/h10-11,13,29H,3-9,12H2,1-2H3,(H2,28,32). The van der Waals surface area contributed by atoms with Crippen LogP contribution >= 0.6 is 0 Å². The summed E-state index contributed by atoms with van der Waals surface area (Å²) in [5.41, 5.74) is 4.96. The normalized spacial score (nSPS) is 18.9. The van der Waals surface area contributed by atoms with Crippen LogP contribution in [0.3, 0.4) is 0 Å². The minimum absolute atomic E-state index is 0.0488. The quantitative estimate of drug-likeness (QED) is 0.611. The maximum absolute atomic E-state index is 15.0. The van der Waals surface area contributed by atoms with Gasteiger partial charge in [0, 0.05) is 23.4 Å². The zero-order valence-electron chi connectivity index (χ0n) is 18.3. The Kier molecular flexibility index (Phi) is 5.71. The molecule has 1 aromatic heterocycles. The van der Waals surface area contributed by atoms with Crippen LogP contribution in [0.4, 0.5) is 23.2 Å². The topological polar surface area (TPSA) is 72.9 Å². The Morgan fingerprint density at radius 1 is 1.22 bits per heavy atom. The van der Waals surface area contributed by atoms with Gasteiger partial charge in [-0.3, -0.25) is 4.79 Å². The van der Waals surface area contributed by atoms with E-state index in [0.717, 1.165) is 38.2 Å². The molecular formula is C23H28F4N4O. The van der Waals surface area contributed by atoms with Crippen LogP contribution < -0.4 is 11.1 Å². The number of anilines is 1. The summed E-state index contributed by atoms with van der Waals surface area (Å²) in [4.78, 5) is 12.0. The van der Waals surface area contributed by atoms with Crippen molar-refractivity contribution < 1.29 is 22.4 Å². The van der Waals surface area contributed by atoms with Gasteiger partial charge in [-0.15, -0.1) is 0 Å². The lowest BCUT2D eigenvalue weighted by Gasteiger charge is -2.30. The molecule has 0 spiro atoms. The summed E-state index contributed by atoms with van der Waals surface area (Å²) in [6.07, 6.45) is 1.53. The smallest absolute Gasteiger partial charge is 0.382 e.